The lowest BCUT2D eigenvalue weighted by Crippen LogP contribution is -2.17. The molecule has 0 atom stereocenters. The van der Waals surface area contributed by atoms with Crippen molar-refractivity contribution < 1.29 is 0 Å². The lowest BCUT2D eigenvalue weighted by molar-refractivity contribution is 0.544. The topological polar surface area (TPSA) is 37.8 Å². The number of aromatic nitrogens is 2. The molecule has 86 valence electrons. The van der Waals surface area contributed by atoms with E-state index in [0.29, 0.717) is 6.42 Å². The van der Waals surface area contributed by atoms with E-state index < -0.39 is 0 Å². The minimum atomic E-state index is -0.0632. The maximum Gasteiger partial charge on any atom is 0.137 e. The number of anilines is 1. The fourth-order valence-corrected chi connectivity index (χ4v) is 1.49. The average Bonchev–Trinajstić information content (AvgIpc) is 2.16. The third kappa shape index (κ3) is 3.82. The van der Waals surface area contributed by atoms with Crippen LogP contribution < -0.4 is 5.32 Å². The Morgan fingerprint density at radius 2 is 2.12 bits per heavy atom. The van der Waals surface area contributed by atoms with Crippen LogP contribution in [0.2, 0.25) is 0 Å². The van der Waals surface area contributed by atoms with E-state index >= 15 is 0 Å². The fraction of sp³-hybridized carbons (Fsp3) is 0.500. The number of hydrogen-bond acceptors (Lipinski definition) is 3. The maximum atomic E-state index is 5.19. The van der Waals surface area contributed by atoms with E-state index in [4.69, 9.17) is 6.42 Å². The first kappa shape index (κ1) is 13.0. The van der Waals surface area contributed by atoms with Crippen molar-refractivity contribution in [2.75, 3.05) is 11.9 Å². The molecule has 0 aromatic carbocycles. The lowest BCUT2D eigenvalue weighted by Gasteiger charge is -2.17. The molecule has 0 aliphatic heterocycles. The van der Waals surface area contributed by atoms with Crippen LogP contribution in [0.3, 0.4) is 0 Å². The molecule has 1 heterocycles. The van der Waals surface area contributed by atoms with Crippen LogP contribution in [0.25, 0.3) is 0 Å². The standard InChI is InChI=1S/C12H16BrN3/c1-5-6-7-14-10-8-9(13)15-11(16-10)12(2,3)4/h1,8H,6-7H2,2-4H3,(H,14,15,16). The van der Waals surface area contributed by atoms with Gasteiger partial charge in [0, 0.05) is 24.4 Å². The van der Waals surface area contributed by atoms with Crippen LogP contribution in [0.5, 0.6) is 0 Å². The third-order valence-electron chi connectivity index (χ3n) is 1.94. The van der Waals surface area contributed by atoms with Crippen molar-refractivity contribution in [1.82, 2.24) is 9.97 Å². The Hall–Kier alpha value is -1.08. The highest BCUT2D eigenvalue weighted by Crippen LogP contribution is 2.22. The molecule has 0 bridgehead atoms. The van der Waals surface area contributed by atoms with Gasteiger partial charge in [0.1, 0.15) is 16.2 Å². The smallest absolute Gasteiger partial charge is 0.137 e. The number of hydrogen-bond donors (Lipinski definition) is 1. The van der Waals surface area contributed by atoms with Crippen molar-refractivity contribution in [2.45, 2.75) is 32.6 Å². The molecule has 0 aliphatic carbocycles. The van der Waals surface area contributed by atoms with E-state index in [9.17, 15) is 0 Å². The molecule has 16 heavy (non-hydrogen) atoms. The molecule has 0 radical (unpaired) electrons. The molecule has 4 heteroatoms. The molecule has 1 aromatic rings. The Bertz CT molecular complexity index is 402. The summed E-state index contributed by atoms with van der Waals surface area (Å²) in [5, 5.41) is 3.18. The van der Waals surface area contributed by atoms with Gasteiger partial charge in [-0.1, -0.05) is 20.8 Å². The highest BCUT2D eigenvalue weighted by molar-refractivity contribution is 9.10. The summed E-state index contributed by atoms with van der Waals surface area (Å²) >= 11 is 3.38. The van der Waals surface area contributed by atoms with E-state index in [-0.39, 0.29) is 5.41 Å². The van der Waals surface area contributed by atoms with E-state index in [1.807, 2.05) is 6.07 Å². The van der Waals surface area contributed by atoms with Gasteiger partial charge in [-0.15, -0.1) is 12.3 Å². The summed E-state index contributed by atoms with van der Waals surface area (Å²) < 4.78 is 0.788. The van der Waals surface area contributed by atoms with E-state index in [0.717, 1.165) is 22.8 Å². The van der Waals surface area contributed by atoms with Gasteiger partial charge in [-0.05, 0) is 15.9 Å². The van der Waals surface area contributed by atoms with Crippen LogP contribution in [0.4, 0.5) is 5.82 Å². The molecule has 1 aromatic heterocycles. The predicted octanol–water partition coefficient (Wildman–Crippen LogP) is 2.97. The van der Waals surface area contributed by atoms with E-state index in [2.05, 4.69) is 57.9 Å². The zero-order chi connectivity index (χ0) is 12.2. The number of halogens is 1. The Morgan fingerprint density at radius 3 is 2.69 bits per heavy atom. The molecule has 0 saturated heterocycles. The van der Waals surface area contributed by atoms with Crippen LogP contribution in [0.1, 0.15) is 33.0 Å². The summed E-state index contributed by atoms with van der Waals surface area (Å²) in [7, 11) is 0. The van der Waals surface area contributed by atoms with Gasteiger partial charge in [-0.3, -0.25) is 0 Å². The lowest BCUT2D eigenvalue weighted by atomic mass is 9.96. The van der Waals surface area contributed by atoms with Crippen molar-refractivity contribution in [3.63, 3.8) is 0 Å². The normalized spacial score (nSPS) is 10.9. The van der Waals surface area contributed by atoms with Gasteiger partial charge in [0.05, 0.1) is 0 Å². The minimum absolute atomic E-state index is 0.0632. The molecular weight excluding hydrogens is 266 g/mol. The van der Waals surface area contributed by atoms with Gasteiger partial charge in [-0.2, -0.15) is 0 Å². The SMILES string of the molecule is C#CCCNc1cc(Br)nc(C(C)(C)C)n1. The fourth-order valence-electron chi connectivity index (χ4n) is 1.11. The second-order valence-corrected chi connectivity index (χ2v) is 5.34. The maximum absolute atomic E-state index is 5.19. The Labute approximate surface area is 105 Å². The highest BCUT2D eigenvalue weighted by Gasteiger charge is 2.18. The van der Waals surface area contributed by atoms with Gasteiger partial charge in [0.2, 0.25) is 0 Å². The molecule has 0 aliphatic rings. The van der Waals surface area contributed by atoms with Crippen LogP contribution in [0, 0.1) is 12.3 Å². The zero-order valence-electron chi connectivity index (χ0n) is 9.84. The van der Waals surface area contributed by atoms with Gasteiger partial charge in [0.15, 0.2) is 0 Å². The van der Waals surface area contributed by atoms with Gasteiger partial charge >= 0.3 is 0 Å². The van der Waals surface area contributed by atoms with Crippen molar-refractivity contribution in [2.24, 2.45) is 0 Å². The van der Waals surface area contributed by atoms with E-state index in [1.54, 1.807) is 0 Å². The first-order valence-electron chi connectivity index (χ1n) is 5.16. The largest absolute Gasteiger partial charge is 0.369 e. The first-order valence-corrected chi connectivity index (χ1v) is 5.95. The van der Waals surface area contributed by atoms with Gasteiger partial charge in [0.25, 0.3) is 0 Å². The number of nitrogens with zero attached hydrogens (tertiary/aromatic N) is 2. The summed E-state index contributed by atoms with van der Waals surface area (Å²) in [4.78, 5) is 8.81. The second-order valence-electron chi connectivity index (χ2n) is 4.53. The van der Waals surface area contributed by atoms with E-state index in [1.165, 1.54) is 0 Å². The summed E-state index contributed by atoms with van der Waals surface area (Å²) in [5.41, 5.74) is -0.0632. The van der Waals surface area contributed by atoms with Crippen molar-refractivity contribution in [3.05, 3.63) is 16.5 Å². The Kier molecular flexibility index (Phi) is 4.31. The number of rotatable bonds is 3. The molecule has 0 spiro atoms. The third-order valence-corrected chi connectivity index (χ3v) is 2.35. The van der Waals surface area contributed by atoms with Crippen LogP contribution in [0.15, 0.2) is 10.7 Å². The van der Waals surface area contributed by atoms with Crippen LogP contribution in [-0.4, -0.2) is 16.5 Å². The summed E-state index contributed by atoms with van der Waals surface area (Å²) in [6.07, 6.45) is 5.88. The molecule has 1 rings (SSSR count). The summed E-state index contributed by atoms with van der Waals surface area (Å²) in [5.74, 6) is 4.20. The quantitative estimate of drug-likeness (QED) is 0.526. The predicted molar refractivity (Wildman–Crippen MR) is 70.4 cm³/mol. The highest BCUT2D eigenvalue weighted by atomic mass is 79.9. The minimum Gasteiger partial charge on any atom is -0.369 e. The van der Waals surface area contributed by atoms with Crippen LogP contribution >= 0.6 is 15.9 Å². The van der Waals surface area contributed by atoms with Gasteiger partial charge in [-0.25, -0.2) is 9.97 Å². The Morgan fingerprint density at radius 1 is 1.44 bits per heavy atom. The molecular formula is C12H16BrN3. The molecule has 0 fully saturated rings. The van der Waals surface area contributed by atoms with Crippen molar-refractivity contribution >= 4 is 21.7 Å². The zero-order valence-corrected chi connectivity index (χ0v) is 11.4. The van der Waals surface area contributed by atoms with Crippen LogP contribution in [-0.2, 0) is 5.41 Å². The second kappa shape index (κ2) is 5.31. The van der Waals surface area contributed by atoms with Crippen molar-refractivity contribution in [1.29, 1.82) is 0 Å². The molecule has 0 unspecified atom stereocenters. The van der Waals surface area contributed by atoms with Crippen molar-refractivity contribution in [3.8, 4) is 12.3 Å². The monoisotopic (exact) mass is 281 g/mol. The Balaban J connectivity index is 2.87. The number of terminal acetylenes is 1. The first-order chi connectivity index (χ1) is 7.43. The molecule has 0 amide bonds. The average molecular weight is 282 g/mol. The molecule has 0 saturated carbocycles. The van der Waals surface area contributed by atoms with Gasteiger partial charge < -0.3 is 5.32 Å². The number of nitrogens with one attached hydrogen (secondary N) is 1. The summed E-state index contributed by atoms with van der Waals surface area (Å²) in [6.45, 7) is 6.98. The summed E-state index contributed by atoms with van der Waals surface area (Å²) in [6, 6.07) is 1.85. The molecule has 1 N–H and O–H groups in total. The molecule has 3 nitrogen and oxygen atoms in total.